The second kappa shape index (κ2) is 8.11. The number of fused-ring (bicyclic) bond motifs is 1. The lowest BCUT2D eigenvalue weighted by molar-refractivity contribution is 0.467. The first-order chi connectivity index (χ1) is 16.3. The van der Waals surface area contributed by atoms with Gasteiger partial charge in [0.05, 0.1) is 29.7 Å². The van der Waals surface area contributed by atoms with Gasteiger partial charge in [-0.3, -0.25) is 4.98 Å². The van der Waals surface area contributed by atoms with Gasteiger partial charge < -0.3 is 10.8 Å². The molecule has 0 fully saturated rings. The Kier molecular flexibility index (Phi) is 5.09. The van der Waals surface area contributed by atoms with Gasteiger partial charge in [-0.25, -0.2) is 23.3 Å². The molecule has 0 aliphatic carbocycles. The van der Waals surface area contributed by atoms with Crippen LogP contribution in [0, 0.1) is 19.7 Å². The van der Waals surface area contributed by atoms with E-state index in [2.05, 4.69) is 15.1 Å². The van der Waals surface area contributed by atoms with Gasteiger partial charge in [0, 0.05) is 5.56 Å². The Bertz CT molecular complexity index is 1570. The zero-order valence-electron chi connectivity index (χ0n) is 18.5. The molecule has 0 bridgehead atoms. The van der Waals surface area contributed by atoms with E-state index in [-0.39, 0.29) is 18.2 Å². The minimum Gasteiger partial charge on any atom is -0.507 e. The lowest BCUT2D eigenvalue weighted by atomic mass is 9.96. The molecule has 0 atom stereocenters. The number of anilines is 1. The number of rotatable bonds is 4. The molecule has 5 aromatic rings. The van der Waals surface area contributed by atoms with Crippen LogP contribution in [0.4, 0.5) is 10.3 Å². The summed E-state index contributed by atoms with van der Waals surface area (Å²) < 4.78 is 15.8. The average Bonchev–Trinajstić information content (AvgIpc) is 3.15. The van der Waals surface area contributed by atoms with Crippen LogP contribution in [0.3, 0.4) is 0 Å². The number of aromatic nitrogens is 5. The van der Waals surface area contributed by atoms with Crippen molar-refractivity contribution in [2.24, 2.45) is 0 Å². The van der Waals surface area contributed by atoms with E-state index in [1.807, 2.05) is 42.5 Å². The van der Waals surface area contributed by atoms with Gasteiger partial charge in [0.25, 0.3) is 0 Å². The normalized spacial score (nSPS) is 11.3. The van der Waals surface area contributed by atoms with Crippen molar-refractivity contribution in [3.05, 3.63) is 93.9 Å². The second-order valence-corrected chi connectivity index (χ2v) is 8.09. The number of phenols is 1. The number of halogens is 1. The third-order valence-corrected chi connectivity index (χ3v) is 5.68. The fraction of sp³-hybridized carbons (Fsp3) is 0.120. The van der Waals surface area contributed by atoms with Crippen LogP contribution in [0.1, 0.15) is 16.8 Å². The van der Waals surface area contributed by atoms with Crippen molar-refractivity contribution in [2.75, 3.05) is 5.73 Å². The number of aromatic hydroxyl groups is 1. The Morgan fingerprint density at radius 1 is 1.03 bits per heavy atom. The lowest BCUT2D eigenvalue weighted by Crippen LogP contribution is -2.24. The maximum atomic E-state index is 13.3. The van der Waals surface area contributed by atoms with Gasteiger partial charge >= 0.3 is 5.69 Å². The molecule has 2 aromatic carbocycles. The number of hydrogen-bond acceptors (Lipinski definition) is 6. The van der Waals surface area contributed by atoms with Crippen LogP contribution in [0.25, 0.3) is 28.0 Å². The molecule has 3 heterocycles. The van der Waals surface area contributed by atoms with Crippen LogP contribution in [0.15, 0.2) is 65.6 Å². The summed E-state index contributed by atoms with van der Waals surface area (Å²) in [6.07, 6.45) is 1.09. The van der Waals surface area contributed by atoms with E-state index in [1.165, 1.54) is 21.2 Å². The molecule has 0 amide bonds. The fourth-order valence-corrected chi connectivity index (χ4v) is 4.03. The van der Waals surface area contributed by atoms with Crippen molar-refractivity contribution in [3.8, 4) is 28.1 Å². The van der Waals surface area contributed by atoms with Crippen LogP contribution >= 0.6 is 0 Å². The Labute approximate surface area is 193 Å². The maximum Gasteiger partial charge on any atom is 0.353 e. The van der Waals surface area contributed by atoms with Crippen molar-refractivity contribution < 1.29 is 9.50 Å². The Morgan fingerprint density at radius 3 is 2.38 bits per heavy atom. The average molecular weight is 456 g/mol. The summed E-state index contributed by atoms with van der Waals surface area (Å²) in [5.74, 6) is -0.268. The molecule has 0 spiro atoms. The highest BCUT2D eigenvalue weighted by Gasteiger charge is 2.22. The molecule has 0 aliphatic rings. The molecule has 0 saturated carbocycles. The predicted octanol–water partition coefficient (Wildman–Crippen LogP) is 3.71. The standard InChI is InChI=1S/C25H21FN6O2/c1-14-10-17(11-15(2)22(14)33)20-21(16-6-4-3-5-7-16)29-24(27)32-23(20)30-31(25(32)34)13-19-9-8-18(26)12-28-19/h3-12,33H,13H2,1-2H3,(H2,27,29). The van der Waals surface area contributed by atoms with Crippen molar-refractivity contribution in [2.45, 2.75) is 20.4 Å². The SMILES string of the molecule is Cc1cc(-c2c(-c3ccccc3)nc(N)n3c(=O)n(Cc4ccc(F)cn4)nc23)cc(C)c1O. The summed E-state index contributed by atoms with van der Waals surface area (Å²) in [5, 5.41) is 14.9. The van der Waals surface area contributed by atoms with Crippen LogP contribution in [0.5, 0.6) is 5.75 Å². The molecule has 0 radical (unpaired) electrons. The lowest BCUT2D eigenvalue weighted by Gasteiger charge is -2.14. The summed E-state index contributed by atoms with van der Waals surface area (Å²) in [6, 6.07) is 15.9. The number of nitrogen functional groups attached to an aromatic ring is 1. The number of benzene rings is 2. The molecule has 0 saturated heterocycles. The van der Waals surface area contributed by atoms with Crippen molar-refractivity contribution >= 4 is 11.6 Å². The molecule has 5 rings (SSSR count). The third kappa shape index (κ3) is 3.57. The first-order valence-corrected chi connectivity index (χ1v) is 10.6. The molecule has 0 unspecified atom stereocenters. The quantitative estimate of drug-likeness (QED) is 0.426. The van der Waals surface area contributed by atoms with Crippen LogP contribution in [0.2, 0.25) is 0 Å². The fourth-order valence-electron chi connectivity index (χ4n) is 4.03. The van der Waals surface area contributed by atoms with Gasteiger partial charge in [-0.05, 0) is 54.8 Å². The highest BCUT2D eigenvalue weighted by molar-refractivity contribution is 5.91. The molecule has 170 valence electrons. The van der Waals surface area contributed by atoms with E-state index in [4.69, 9.17) is 5.73 Å². The zero-order chi connectivity index (χ0) is 24.0. The Hall–Kier alpha value is -4.53. The molecular weight excluding hydrogens is 435 g/mol. The van der Waals surface area contributed by atoms with E-state index < -0.39 is 11.5 Å². The van der Waals surface area contributed by atoms with E-state index in [9.17, 15) is 14.3 Å². The first kappa shape index (κ1) is 21.3. The van der Waals surface area contributed by atoms with Gasteiger partial charge in [0.2, 0.25) is 5.95 Å². The minimum absolute atomic E-state index is 0.00635. The number of aryl methyl sites for hydroxylation is 2. The maximum absolute atomic E-state index is 13.3. The molecular formula is C25H21FN6O2. The Balaban J connectivity index is 1.82. The van der Waals surface area contributed by atoms with Crippen molar-refractivity contribution in [1.82, 2.24) is 24.1 Å². The van der Waals surface area contributed by atoms with Crippen LogP contribution in [-0.4, -0.2) is 29.3 Å². The zero-order valence-corrected chi connectivity index (χ0v) is 18.5. The van der Waals surface area contributed by atoms with E-state index in [1.54, 1.807) is 13.8 Å². The molecule has 0 aliphatic heterocycles. The van der Waals surface area contributed by atoms with Gasteiger partial charge in [0.1, 0.15) is 11.6 Å². The van der Waals surface area contributed by atoms with E-state index in [0.29, 0.717) is 33.7 Å². The van der Waals surface area contributed by atoms with Crippen molar-refractivity contribution in [1.29, 1.82) is 0 Å². The number of pyridine rings is 1. The molecule has 9 heteroatoms. The number of hydrogen-bond donors (Lipinski definition) is 2. The smallest absolute Gasteiger partial charge is 0.353 e. The second-order valence-electron chi connectivity index (χ2n) is 8.09. The number of nitrogens with two attached hydrogens (primary N) is 1. The summed E-state index contributed by atoms with van der Waals surface area (Å²) in [6.45, 7) is 3.65. The summed E-state index contributed by atoms with van der Waals surface area (Å²) >= 11 is 0. The topological polar surface area (TPSA) is 111 Å². The first-order valence-electron chi connectivity index (χ1n) is 10.6. The summed E-state index contributed by atoms with van der Waals surface area (Å²) in [7, 11) is 0. The summed E-state index contributed by atoms with van der Waals surface area (Å²) in [5.41, 5.74) is 10.6. The Morgan fingerprint density at radius 2 is 1.74 bits per heavy atom. The highest BCUT2D eigenvalue weighted by Crippen LogP contribution is 2.37. The monoisotopic (exact) mass is 456 g/mol. The number of phenolic OH excluding ortho intramolecular Hbond substituents is 1. The van der Waals surface area contributed by atoms with E-state index in [0.717, 1.165) is 17.3 Å². The van der Waals surface area contributed by atoms with Gasteiger partial charge in [-0.2, -0.15) is 0 Å². The molecule has 8 nitrogen and oxygen atoms in total. The molecule has 3 N–H and O–H groups in total. The van der Waals surface area contributed by atoms with E-state index >= 15 is 0 Å². The van der Waals surface area contributed by atoms with Gasteiger partial charge in [-0.1, -0.05) is 30.3 Å². The van der Waals surface area contributed by atoms with Crippen LogP contribution < -0.4 is 11.4 Å². The minimum atomic E-state index is -0.487. The van der Waals surface area contributed by atoms with Gasteiger partial charge in [0.15, 0.2) is 5.65 Å². The molecule has 34 heavy (non-hydrogen) atoms. The largest absolute Gasteiger partial charge is 0.507 e. The third-order valence-electron chi connectivity index (χ3n) is 5.68. The summed E-state index contributed by atoms with van der Waals surface area (Å²) in [4.78, 5) is 21.9. The molecule has 3 aromatic heterocycles. The van der Waals surface area contributed by atoms with Crippen molar-refractivity contribution in [3.63, 3.8) is 0 Å². The predicted molar refractivity (Wildman–Crippen MR) is 127 cm³/mol. The number of nitrogens with zero attached hydrogens (tertiary/aromatic N) is 5. The van der Waals surface area contributed by atoms with Gasteiger partial charge in [-0.15, -0.1) is 5.10 Å². The highest BCUT2D eigenvalue weighted by atomic mass is 19.1. The van der Waals surface area contributed by atoms with Crippen LogP contribution in [-0.2, 0) is 6.54 Å².